The summed E-state index contributed by atoms with van der Waals surface area (Å²) in [6.45, 7) is 31.1. The van der Waals surface area contributed by atoms with Gasteiger partial charge >= 0.3 is 0 Å². The first-order valence-corrected chi connectivity index (χ1v) is 15.0. The van der Waals surface area contributed by atoms with Crippen LogP contribution in [0.4, 0.5) is 0 Å². The van der Waals surface area contributed by atoms with Crippen LogP contribution in [-0.2, 0) is 0 Å². The predicted octanol–water partition coefficient (Wildman–Crippen LogP) is 11.4. The largest absolute Gasteiger partial charge is 0.102 e. The molecule has 1 aliphatic carbocycles. The van der Waals surface area contributed by atoms with Gasteiger partial charge in [0, 0.05) is 5.41 Å². The second-order valence-corrected chi connectivity index (χ2v) is 14.3. The Morgan fingerprint density at radius 3 is 1.94 bits per heavy atom. The summed E-state index contributed by atoms with van der Waals surface area (Å²) in [6.07, 6.45) is 19.4. The van der Waals surface area contributed by atoms with E-state index in [-0.39, 0.29) is 5.41 Å². The molecule has 0 N–H and O–H groups in total. The molecule has 0 heterocycles. The molecule has 0 nitrogen and oxygen atoms in total. The summed E-state index contributed by atoms with van der Waals surface area (Å²) < 4.78 is 0. The van der Waals surface area contributed by atoms with E-state index < -0.39 is 0 Å². The molecule has 0 radical (unpaired) electrons. The van der Waals surface area contributed by atoms with Gasteiger partial charge in [-0.3, -0.25) is 0 Å². The van der Waals surface area contributed by atoms with E-state index >= 15 is 0 Å². The Morgan fingerprint density at radius 2 is 1.41 bits per heavy atom. The minimum absolute atomic E-state index is 0.131. The lowest BCUT2D eigenvalue weighted by atomic mass is 9.62. The Labute approximate surface area is 216 Å². The van der Waals surface area contributed by atoms with Crippen molar-refractivity contribution < 1.29 is 0 Å². The van der Waals surface area contributed by atoms with Gasteiger partial charge in [-0.2, -0.15) is 0 Å². The van der Waals surface area contributed by atoms with Crippen LogP contribution in [0.25, 0.3) is 0 Å². The molecular formula is C34H64. The number of hydrogen-bond acceptors (Lipinski definition) is 0. The summed E-state index contributed by atoms with van der Waals surface area (Å²) in [4.78, 5) is 0. The van der Waals surface area contributed by atoms with E-state index in [1.54, 1.807) is 0 Å². The monoisotopic (exact) mass is 473 g/mol. The number of rotatable bonds is 15. The Balaban J connectivity index is 2.48. The summed E-state index contributed by atoms with van der Waals surface area (Å²) in [7, 11) is 0. The highest BCUT2D eigenvalue weighted by atomic mass is 14.4. The van der Waals surface area contributed by atoms with Crippen molar-refractivity contribution in [3.05, 3.63) is 24.8 Å². The molecule has 0 aromatic carbocycles. The van der Waals surface area contributed by atoms with Crippen molar-refractivity contribution in [2.24, 2.45) is 58.2 Å². The average molecular weight is 473 g/mol. The quantitative estimate of drug-likeness (QED) is 0.208. The first kappa shape index (κ1) is 31.5. The number of allylic oxidation sites excluding steroid dienone is 3. The second kappa shape index (κ2) is 14.3. The fraction of sp³-hybridized carbons (Fsp3) is 0.882. The van der Waals surface area contributed by atoms with Crippen LogP contribution in [-0.4, -0.2) is 0 Å². The minimum atomic E-state index is 0.131. The van der Waals surface area contributed by atoms with Gasteiger partial charge in [0.15, 0.2) is 0 Å². The summed E-state index contributed by atoms with van der Waals surface area (Å²) >= 11 is 0. The minimum Gasteiger partial charge on any atom is -0.102 e. The SMILES string of the molecule is C=CC(C)(/C=C/C(C)CCC(C)C(C)CCC(C)C(C)C)CCC(C)C1CCC(C)C(C)(C)C1. The highest BCUT2D eigenvalue weighted by molar-refractivity contribution is 5.08. The van der Waals surface area contributed by atoms with Gasteiger partial charge in [0.1, 0.15) is 0 Å². The second-order valence-electron chi connectivity index (χ2n) is 14.3. The lowest BCUT2D eigenvalue weighted by Gasteiger charge is -2.43. The van der Waals surface area contributed by atoms with E-state index in [4.69, 9.17) is 0 Å². The topological polar surface area (TPSA) is 0 Å². The molecule has 34 heavy (non-hydrogen) atoms. The van der Waals surface area contributed by atoms with Crippen molar-refractivity contribution in [1.82, 2.24) is 0 Å². The molecule has 0 aliphatic heterocycles. The smallest absolute Gasteiger partial charge is 0.00302 e. The molecule has 0 aromatic rings. The lowest BCUT2D eigenvalue weighted by molar-refractivity contribution is 0.0766. The van der Waals surface area contributed by atoms with Crippen LogP contribution in [0.5, 0.6) is 0 Å². The van der Waals surface area contributed by atoms with Crippen LogP contribution in [0.2, 0.25) is 0 Å². The molecule has 1 rings (SSSR count). The van der Waals surface area contributed by atoms with Gasteiger partial charge < -0.3 is 0 Å². The van der Waals surface area contributed by atoms with Crippen molar-refractivity contribution in [1.29, 1.82) is 0 Å². The zero-order valence-electron chi connectivity index (χ0n) is 25.4. The van der Waals surface area contributed by atoms with Gasteiger partial charge in [-0.15, -0.1) is 6.58 Å². The van der Waals surface area contributed by atoms with E-state index in [9.17, 15) is 0 Å². The summed E-state index contributed by atoms with van der Waals surface area (Å²) in [5.41, 5.74) is 0.640. The third-order valence-corrected chi connectivity index (χ3v) is 10.6. The van der Waals surface area contributed by atoms with Gasteiger partial charge in [-0.05, 0) is 97.7 Å². The first-order chi connectivity index (χ1) is 15.7. The van der Waals surface area contributed by atoms with Crippen LogP contribution >= 0.6 is 0 Å². The predicted molar refractivity (Wildman–Crippen MR) is 156 cm³/mol. The summed E-state index contributed by atoms with van der Waals surface area (Å²) in [5, 5.41) is 0. The highest BCUT2D eigenvalue weighted by Crippen LogP contribution is 2.46. The molecule has 0 spiro atoms. The molecular weight excluding hydrogens is 408 g/mol. The molecule has 200 valence electrons. The maximum atomic E-state index is 4.23. The van der Waals surface area contributed by atoms with E-state index in [1.807, 2.05) is 0 Å². The Bertz CT molecular complexity index is 595. The van der Waals surface area contributed by atoms with Crippen LogP contribution in [0.15, 0.2) is 24.8 Å². The van der Waals surface area contributed by atoms with Gasteiger partial charge in [0.2, 0.25) is 0 Å². The van der Waals surface area contributed by atoms with Gasteiger partial charge in [0.25, 0.3) is 0 Å². The van der Waals surface area contributed by atoms with E-state index in [1.165, 1.54) is 57.8 Å². The maximum absolute atomic E-state index is 4.23. The molecule has 8 unspecified atom stereocenters. The fourth-order valence-corrected chi connectivity index (χ4v) is 5.78. The van der Waals surface area contributed by atoms with Crippen LogP contribution in [0.3, 0.4) is 0 Å². The van der Waals surface area contributed by atoms with Gasteiger partial charge in [0.05, 0.1) is 0 Å². The third-order valence-electron chi connectivity index (χ3n) is 10.6. The Morgan fingerprint density at radius 1 is 0.853 bits per heavy atom. The van der Waals surface area contributed by atoms with Crippen molar-refractivity contribution in [3.63, 3.8) is 0 Å². The Kier molecular flexibility index (Phi) is 13.2. The molecule has 8 atom stereocenters. The highest BCUT2D eigenvalue weighted by Gasteiger charge is 2.36. The molecule has 0 heteroatoms. The van der Waals surface area contributed by atoms with Crippen LogP contribution in [0.1, 0.15) is 134 Å². The van der Waals surface area contributed by atoms with Crippen molar-refractivity contribution >= 4 is 0 Å². The van der Waals surface area contributed by atoms with E-state index in [0.29, 0.717) is 11.3 Å². The third kappa shape index (κ3) is 10.6. The molecule has 0 bridgehead atoms. The molecule has 0 saturated heterocycles. The van der Waals surface area contributed by atoms with Crippen molar-refractivity contribution in [2.75, 3.05) is 0 Å². The zero-order valence-corrected chi connectivity index (χ0v) is 25.4. The van der Waals surface area contributed by atoms with Crippen molar-refractivity contribution in [2.45, 2.75) is 134 Å². The van der Waals surface area contributed by atoms with E-state index in [2.05, 4.69) is 101 Å². The number of hydrogen-bond donors (Lipinski definition) is 0. The normalized spacial score (nSPS) is 27.2. The molecule has 0 amide bonds. The molecule has 1 aliphatic rings. The average Bonchev–Trinajstić information content (AvgIpc) is 2.79. The zero-order chi connectivity index (χ0) is 26.1. The van der Waals surface area contributed by atoms with Gasteiger partial charge in [-0.1, -0.05) is 107 Å². The van der Waals surface area contributed by atoms with Crippen molar-refractivity contribution in [3.8, 4) is 0 Å². The van der Waals surface area contributed by atoms with Gasteiger partial charge in [-0.25, -0.2) is 0 Å². The van der Waals surface area contributed by atoms with Crippen LogP contribution < -0.4 is 0 Å². The summed E-state index contributed by atoms with van der Waals surface area (Å²) in [6, 6.07) is 0. The molecule has 0 aromatic heterocycles. The standard InChI is InChI=1S/C34H64/c1-13-34(12,23-21-30(8)32-19-18-31(9)33(10,11)24-32)22-20-26(4)14-15-28(6)29(7)17-16-27(5)25(2)3/h13,20,22,25-32H,1,14-19,21,23-24H2,2-12H3/b22-20+. The van der Waals surface area contributed by atoms with E-state index in [0.717, 1.165) is 41.4 Å². The molecule has 1 fully saturated rings. The first-order valence-electron chi connectivity index (χ1n) is 15.0. The lowest BCUT2D eigenvalue weighted by Crippen LogP contribution is -2.33. The van der Waals surface area contributed by atoms with Crippen LogP contribution in [0, 0.1) is 58.2 Å². The maximum Gasteiger partial charge on any atom is 0.00302 e. The Hall–Kier alpha value is -0.520. The molecule has 1 saturated carbocycles. The summed E-state index contributed by atoms with van der Waals surface area (Å²) in [5.74, 6) is 6.56. The fourth-order valence-electron chi connectivity index (χ4n) is 5.78.